The number of benzene rings is 1. The minimum atomic E-state index is -0.659. The van der Waals surface area contributed by atoms with Crippen LogP contribution in [-0.4, -0.2) is 40.5 Å². The summed E-state index contributed by atoms with van der Waals surface area (Å²) in [5, 5.41) is 19.6. The molecule has 1 fully saturated rings. The summed E-state index contributed by atoms with van der Waals surface area (Å²) in [6.45, 7) is 2.04. The van der Waals surface area contributed by atoms with E-state index in [0.29, 0.717) is 12.2 Å². The predicted octanol–water partition coefficient (Wildman–Crippen LogP) is 0.729. The van der Waals surface area contributed by atoms with Gasteiger partial charge in [-0.3, -0.25) is 5.01 Å². The van der Waals surface area contributed by atoms with Crippen LogP contribution in [0.2, 0.25) is 0 Å². The number of carbonyl (C=O) groups is 1. The summed E-state index contributed by atoms with van der Waals surface area (Å²) in [5.41, 5.74) is 6.15. The number of primary amides is 1. The number of hydrazine groups is 1. The van der Waals surface area contributed by atoms with Gasteiger partial charge in [-0.15, -0.1) is 0 Å². The molecule has 0 aliphatic heterocycles. The average Bonchev–Trinajstić information content (AvgIpc) is 3.22. The molecule has 1 saturated carbocycles. The number of urea groups is 1. The highest BCUT2D eigenvalue weighted by atomic mass is 16.5. The van der Waals surface area contributed by atoms with Crippen LogP contribution in [0.5, 0.6) is 11.5 Å². The number of carbonyl (C=O) groups excluding carboxylic acids is 1. The molecule has 6 N–H and O–H groups in total. The molecule has 0 radical (unpaired) electrons. The van der Waals surface area contributed by atoms with E-state index in [-0.39, 0.29) is 30.4 Å². The molecule has 1 aliphatic carbocycles. The summed E-state index contributed by atoms with van der Waals surface area (Å²) < 4.78 is 5.28. The molecule has 2 rings (SSSR count). The third-order valence-corrected chi connectivity index (χ3v) is 4.24. The lowest BCUT2D eigenvalue weighted by Gasteiger charge is -2.31. The summed E-state index contributed by atoms with van der Waals surface area (Å²) in [5.74, 6) is 6.13. The molecule has 1 aromatic rings. The number of nitrogens with zero attached hydrogens (tertiary/aromatic N) is 1. The molecule has 1 aromatic carbocycles. The van der Waals surface area contributed by atoms with Crippen molar-refractivity contribution in [2.45, 2.75) is 32.2 Å². The summed E-state index contributed by atoms with van der Waals surface area (Å²) in [7, 11) is 0. The fraction of sp³-hybridized carbons (Fsp3) is 0.533. The minimum absolute atomic E-state index is 0.00545. The Balaban J connectivity index is 2.17. The van der Waals surface area contributed by atoms with Crippen molar-refractivity contribution >= 4 is 6.03 Å². The highest BCUT2D eigenvalue weighted by Gasteiger charge is 2.47. The zero-order chi connectivity index (χ0) is 16.3. The Hall–Kier alpha value is -1.99. The van der Waals surface area contributed by atoms with E-state index in [4.69, 9.17) is 21.4 Å². The van der Waals surface area contributed by atoms with Gasteiger partial charge in [-0.05, 0) is 42.4 Å². The van der Waals surface area contributed by atoms with E-state index in [1.807, 2.05) is 0 Å². The second kappa shape index (κ2) is 6.41. The second-order valence-corrected chi connectivity index (χ2v) is 5.99. The molecule has 7 heteroatoms. The molecule has 7 nitrogen and oxygen atoms in total. The minimum Gasteiger partial charge on any atom is -0.504 e. The first-order valence-corrected chi connectivity index (χ1v) is 7.26. The molecular weight excluding hydrogens is 286 g/mol. The van der Waals surface area contributed by atoms with E-state index in [9.17, 15) is 9.90 Å². The van der Waals surface area contributed by atoms with Crippen LogP contribution < -0.4 is 16.3 Å². The van der Waals surface area contributed by atoms with Crippen molar-refractivity contribution in [2.75, 3.05) is 13.2 Å². The number of amides is 2. The highest BCUT2D eigenvalue weighted by Crippen LogP contribution is 2.50. The van der Waals surface area contributed by atoms with Gasteiger partial charge in [-0.25, -0.2) is 10.6 Å². The maximum absolute atomic E-state index is 11.4. The SMILES string of the molecule is CC1(C(Cc2ccc(O)c(OCCO)c2)N(N)C(N)=O)CC1. The van der Waals surface area contributed by atoms with Crippen molar-refractivity contribution in [3.63, 3.8) is 0 Å². The van der Waals surface area contributed by atoms with E-state index in [1.165, 1.54) is 6.07 Å². The van der Waals surface area contributed by atoms with Crippen molar-refractivity contribution < 1.29 is 19.7 Å². The van der Waals surface area contributed by atoms with E-state index >= 15 is 0 Å². The van der Waals surface area contributed by atoms with Crippen LogP contribution in [0.4, 0.5) is 4.79 Å². The van der Waals surface area contributed by atoms with Gasteiger partial charge in [0.2, 0.25) is 0 Å². The number of aliphatic hydroxyl groups excluding tert-OH is 1. The summed E-state index contributed by atoms with van der Waals surface area (Å²) >= 11 is 0. The van der Waals surface area contributed by atoms with E-state index in [0.717, 1.165) is 23.4 Å². The third-order valence-electron chi connectivity index (χ3n) is 4.24. The van der Waals surface area contributed by atoms with E-state index < -0.39 is 6.03 Å². The molecule has 2 amide bonds. The molecule has 1 aliphatic rings. The number of aliphatic hydroxyl groups is 1. The zero-order valence-corrected chi connectivity index (χ0v) is 12.7. The topological polar surface area (TPSA) is 122 Å². The second-order valence-electron chi connectivity index (χ2n) is 5.99. The molecule has 0 saturated heterocycles. The Bertz CT molecular complexity index is 546. The van der Waals surface area contributed by atoms with Crippen LogP contribution >= 0.6 is 0 Å². The Morgan fingerprint density at radius 3 is 2.73 bits per heavy atom. The number of aromatic hydroxyl groups is 1. The molecule has 0 spiro atoms. The summed E-state index contributed by atoms with van der Waals surface area (Å²) in [6.07, 6.45) is 2.50. The fourth-order valence-corrected chi connectivity index (χ4v) is 2.54. The normalized spacial score (nSPS) is 16.9. The molecule has 22 heavy (non-hydrogen) atoms. The standard InChI is InChI=1S/C15H23N3O4/c1-15(4-5-15)13(18(17)14(16)21)9-10-2-3-11(20)12(8-10)22-7-6-19/h2-3,8,13,19-20H,4-7,9,17H2,1H3,(H2,16,21). The third kappa shape index (κ3) is 3.61. The summed E-state index contributed by atoms with van der Waals surface area (Å²) in [4.78, 5) is 11.4. The smallest absolute Gasteiger partial charge is 0.329 e. The van der Waals surface area contributed by atoms with Crippen molar-refractivity contribution in [3.8, 4) is 11.5 Å². The number of phenols is 1. The van der Waals surface area contributed by atoms with Crippen molar-refractivity contribution in [2.24, 2.45) is 17.0 Å². The van der Waals surface area contributed by atoms with Gasteiger partial charge in [0, 0.05) is 0 Å². The largest absolute Gasteiger partial charge is 0.504 e. The summed E-state index contributed by atoms with van der Waals surface area (Å²) in [6, 6.07) is 4.11. The van der Waals surface area contributed by atoms with Crippen molar-refractivity contribution in [1.29, 1.82) is 0 Å². The van der Waals surface area contributed by atoms with E-state index in [2.05, 4.69) is 6.92 Å². The first-order chi connectivity index (χ1) is 10.4. The molecule has 1 unspecified atom stereocenters. The Kier molecular flexibility index (Phi) is 4.77. The Morgan fingerprint density at radius 2 is 2.18 bits per heavy atom. The molecule has 122 valence electrons. The maximum atomic E-state index is 11.4. The number of ether oxygens (including phenoxy) is 1. The monoisotopic (exact) mass is 309 g/mol. The van der Waals surface area contributed by atoms with Gasteiger partial charge in [0.25, 0.3) is 0 Å². The van der Waals surface area contributed by atoms with Crippen LogP contribution in [-0.2, 0) is 6.42 Å². The maximum Gasteiger partial charge on any atom is 0.329 e. The molecule has 1 atom stereocenters. The van der Waals surface area contributed by atoms with Crippen LogP contribution in [0.3, 0.4) is 0 Å². The predicted molar refractivity (Wildman–Crippen MR) is 81.1 cm³/mol. The number of nitrogens with two attached hydrogens (primary N) is 2. The molecule has 0 bridgehead atoms. The van der Waals surface area contributed by atoms with Gasteiger partial charge in [0.15, 0.2) is 11.5 Å². The number of phenolic OH excluding ortho intramolecular Hbond substituents is 1. The van der Waals surface area contributed by atoms with Gasteiger partial charge in [-0.1, -0.05) is 13.0 Å². The first-order valence-electron chi connectivity index (χ1n) is 7.26. The lowest BCUT2D eigenvalue weighted by atomic mass is 9.91. The van der Waals surface area contributed by atoms with Gasteiger partial charge < -0.3 is 20.7 Å². The molecule has 0 aromatic heterocycles. The van der Waals surface area contributed by atoms with Gasteiger partial charge in [0.05, 0.1) is 12.6 Å². The number of rotatable bonds is 7. The van der Waals surface area contributed by atoms with Crippen LogP contribution in [0.1, 0.15) is 25.3 Å². The van der Waals surface area contributed by atoms with Gasteiger partial charge in [0.1, 0.15) is 6.61 Å². The average molecular weight is 309 g/mol. The van der Waals surface area contributed by atoms with Crippen LogP contribution in [0, 0.1) is 5.41 Å². The Morgan fingerprint density at radius 1 is 1.50 bits per heavy atom. The van der Waals surface area contributed by atoms with Gasteiger partial charge in [-0.2, -0.15) is 0 Å². The lowest BCUT2D eigenvalue weighted by molar-refractivity contribution is 0.151. The highest BCUT2D eigenvalue weighted by molar-refractivity contribution is 5.71. The molecular formula is C15H23N3O4. The number of hydrogen-bond acceptors (Lipinski definition) is 5. The van der Waals surface area contributed by atoms with Crippen LogP contribution in [0.25, 0.3) is 0 Å². The lowest BCUT2D eigenvalue weighted by Crippen LogP contribution is -2.52. The van der Waals surface area contributed by atoms with Gasteiger partial charge >= 0.3 is 6.03 Å². The van der Waals surface area contributed by atoms with Crippen molar-refractivity contribution in [3.05, 3.63) is 23.8 Å². The fourth-order valence-electron chi connectivity index (χ4n) is 2.54. The quantitative estimate of drug-likeness (QED) is 0.336. The van der Waals surface area contributed by atoms with Crippen molar-refractivity contribution in [1.82, 2.24) is 5.01 Å². The first kappa shape index (κ1) is 16.4. The molecule has 0 heterocycles. The Labute approximate surface area is 129 Å². The van der Waals surface area contributed by atoms with E-state index in [1.54, 1.807) is 12.1 Å². The number of hydrogen-bond donors (Lipinski definition) is 4. The van der Waals surface area contributed by atoms with Crippen LogP contribution in [0.15, 0.2) is 18.2 Å². The zero-order valence-electron chi connectivity index (χ0n) is 12.7.